The number of nitrogens with zero attached hydrogens (tertiary/aromatic N) is 1. The van der Waals surface area contributed by atoms with Crippen molar-refractivity contribution in [1.29, 1.82) is 0 Å². The van der Waals surface area contributed by atoms with Crippen molar-refractivity contribution in [2.75, 3.05) is 48.1 Å². The van der Waals surface area contributed by atoms with Gasteiger partial charge in [0.15, 0.2) is 0 Å². The van der Waals surface area contributed by atoms with Gasteiger partial charge in [0.25, 0.3) is 0 Å². The van der Waals surface area contributed by atoms with E-state index in [4.69, 9.17) is 18.9 Å². The van der Waals surface area contributed by atoms with Crippen molar-refractivity contribution in [3.05, 3.63) is 0 Å². The third kappa shape index (κ3) is 2.60. The van der Waals surface area contributed by atoms with Crippen molar-refractivity contribution in [3.63, 3.8) is 0 Å². The summed E-state index contributed by atoms with van der Waals surface area (Å²) in [5, 5.41) is 50.7. The van der Waals surface area contributed by atoms with E-state index in [2.05, 4.69) is 17.1 Å². The molecule has 0 radical (unpaired) electrons. The van der Waals surface area contributed by atoms with Gasteiger partial charge in [0.1, 0.15) is 18.1 Å². The minimum absolute atomic E-state index is 0.0960. The molecule has 35 heavy (non-hydrogen) atoms. The van der Waals surface area contributed by atoms with Gasteiger partial charge < -0.3 is 39.4 Å². The molecule has 4 saturated carbocycles. The topological polar surface area (TPSA) is 133 Å². The number of likely N-dealkylation sites (tertiary alicyclic amines) is 1. The second-order valence-corrected chi connectivity index (χ2v) is 12.1. The Bertz CT molecular complexity index is 865. The number of aliphatic hydroxyl groups excluding tert-OH is 2. The monoisotopic (exact) mass is 498 g/mol. The fraction of sp³-hybridized carbons (Fsp3) is 1.00. The largest absolute Gasteiger partial charge is 0.392 e. The molecule has 0 aromatic heterocycles. The minimum Gasteiger partial charge on any atom is -0.392 e. The summed E-state index contributed by atoms with van der Waals surface area (Å²) in [7, 11) is 6.59. The second-order valence-electron chi connectivity index (χ2n) is 12.1. The lowest BCUT2D eigenvalue weighted by atomic mass is 9.41. The molecule has 7 aliphatic rings. The Morgan fingerprint density at radius 1 is 0.971 bits per heavy atom. The molecule has 3 heterocycles. The first kappa shape index (κ1) is 24.9. The summed E-state index contributed by atoms with van der Waals surface area (Å²) in [5.74, 6) is -1.38. The highest BCUT2D eigenvalue weighted by Gasteiger charge is 2.87. The Labute approximate surface area is 206 Å². The van der Waals surface area contributed by atoms with Gasteiger partial charge in [-0.1, -0.05) is 6.92 Å². The highest BCUT2D eigenvalue weighted by atomic mass is 16.5. The highest BCUT2D eigenvalue weighted by Crippen LogP contribution is 2.78. The Morgan fingerprint density at radius 2 is 1.69 bits per heavy atom. The third-order valence-electron chi connectivity index (χ3n) is 11.4. The molecular formula is C25H42N2O8. The molecule has 7 rings (SSSR count). The lowest BCUT2D eigenvalue weighted by Crippen LogP contribution is -2.80. The number of aliphatic hydroxyl groups is 4. The zero-order valence-electron chi connectivity index (χ0n) is 21.4. The van der Waals surface area contributed by atoms with Crippen LogP contribution in [0.15, 0.2) is 0 Å². The molecule has 1 spiro atoms. The van der Waals surface area contributed by atoms with Crippen molar-refractivity contribution in [2.24, 2.45) is 34.5 Å². The number of nitrogens with one attached hydrogen (secondary N) is 1. The Balaban J connectivity index is 1.68. The van der Waals surface area contributed by atoms with E-state index in [0.717, 1.165) is 6.54 Å². The molecule has 10 heteroatoms. The fourth-order valence-electron chi connectivity index (χ4n) is 10.8. The zero-order chi connectivity index (χ0) is 25.1. The van der Waals surface area contributed by atoms with Crippen LogP contribution >= 0.6 is 0 Å². The lowest BCUT2D eigenvalue weighted by Gasteiger charge is -2.71. The van der Waals surface area contributed by atoms with Gasteiger partial charge in [-0.15, -0.1) is 0 Å². The standard InChI is InChI=1S/C25H42N2O8/c1-6-27-10-22(11-32-2)13(28)7-14(33-3)25-12-8-24(31)15(34-4)9-23(30,16(12)21(29)26-24)17(20(25)27)18(35-5)19(22)25/h12-21,26,28-31H,6-11H2,1-5H3/t12-,13-,14+,15+,16-,17+,18+,19-,20?,21?,22+,23-,24+,25+/m1/s1. The van der Waals surface area contributed by atoms with Gasteiger partial charge in [-0.3, -0.25) is 10.2 Å². The molecule has 0 aromatic rings. The smallest absolute Gasteiger partial charge is 0.144 e. The predicted octanol–water partition coefficient (Wildman–Crippen LogP) is -1.25. The van der Waals surface area contributed by atoms with E-state index in [-0.39, 0.29) is 42.4 Å². The van der Waals surface area contributed by atoms with E-state index in [1.807, 2.05) is 0 Å². The number of piperidine rings is 2. The summed E-state index contributed by atoms with van der Waals surface area (Å²) in [6, 6.07) is -0.0960. The van der Waals surface area contributed by atoms with Crippen molar-refractivity contribution in [2.45, 2.75) is 74.2 Å². The van der Waals surface area contributed by atoms with E-state index < -0.39 is 46.5 Å². The van der Waals surface area contributed by atoms with Crippen LogP contribution in [0.3, 0.4) is 0 Å². The molecular weight excluding hydrogens is 456 g/mol. The number of rotatable bonds is 6. The first-order chi connectivity index (χ1) is 16.6. The number of ether oxygens (including phenoxy) is 4. The summed E-state index contributed by atoms with van der Waals surface area (Å²) in [6.45, 7) is 3.83. The maximum atomic E-state index is 12.7. The molecule has 14 atom stereocenters. The van der Waals surface area contributed by atoms with Crippen LogP contribution in [0.5, 0.6) is 0 Å². The normalized spacial score (nSPS) is 60.6. The fourth-order valence-corrected chi connectivity index (χ4v) is 10.8. The zero-order valence-corrected chi connectivity index (χ0v) is 21.4. The van der Waals surface area contributed by atoms with Gasteiger partial charge in [0.2, 0.25) is 0 Å². The van der Waals surface area contributed by atoms with Crippen LogP contribution in [-0.2, 0) is 18.9 Å². The van der Waals surface area contributed by atoms with Crippen molar-refractivity contribution < 1.29 is 39.4 Å². The van der Waals surface area contributed by atoms with E-state index in [1.54, 1.807) is 28.4 Å². The van der Waals surface area contributed by atoms with Gasteiger partial charge in [-0.25, -0.2) is 0 Å². The quantitative estimate of drug-likeness (QED) is 0.302. The van der Waals surface area contributed by atoms with Crippen LogP contribution < -0.4 is 5.32 Å². The van der Waals surface area contributed by atoms with E-state index in [0.29, 0.717) is 26.0 Å². The number of fused-ring (bicyclic) bond motifs is 2. The van der Waals surface area contributed by atoms with Gasteiger partial charge in [-0.2, -0.15) is 0 Å². The molecule has 4 aliphatic carbocycles. The molecule has 3 saturated heterocycles. The minimum atomic E-state index is -1.49. The highest BCUT2D eigenvalue weighted by molar-refractivity contribution is 5.36. The van der Waals surface area contributed by atoms with Gasteiger partial charge in [0.05, 0.1) is 30.5 Å². The molecule has 3 aliphatic heterocycles. The molecule has 7 fully saturated rings. The molecule has 200 valence electrons. The summed E-state index contributed by atoms with van der Waals surface area (Å²) >= 11 is 0. The SMILES string of the molecule is CCN1C[C@]2(COC)[C@H](O)C[C@H](OC)[C@]34C1[C@H]([C@H](OC)[C@H]23)[C@@]1(O)C[C@H](OC)[C@@]2(O)C[C@@H]4[C@@H]1C(O)N2. The van der Waals surface area contributed by atoms with Gasteiger partial charge in [0, 0.05) is 82.5 Å². The van der Waals surface area contributed by atoms with Crippen molar-refractivity contribution in [3.8, 4) is 0 Å². The maximum absolute atomic E-state index is 12.7. The molecule has 9 bridgehead atoms. The van der Waals surface area contributed by atoms with Crippen LogP contribution in [0.2, 0.25) is 0 Å². The van der Waals surface area contributed by atoms with Gasteiger partial charge in [-0.05, 0) is 18.9 Å². The molecule has 10 nitrogen and oxygen atoms in total. The molecule has 2 unspecified atom stereocenters. The van der Waals surface area contributed by atoms with Crippen molar-refractivity contribution >= 4 is 0 Å². The summed E-state index contributed by atoms with van der Waals surface area (Å²) in [5.41, 5.74) is -4.05. The Hall–Kier alpha value is -0.400. The van der Waals surface area contributed by atoms with E-state index >= 15 is 0 Å². The Kier molecular flexibility index (Phi) is 5.56. The number of hydrogen-bond donors (Lipinski definition) is 5. The first-order valence-electron chi connectivity index (χ1n) is 13.0. The van der Waals surface area contributed by atoms with Crippen LogP contribution in [-0.4, -0.2) is 121 Å². The first-order valence-corrected chi connectivity index (χ1v) is 13.0. The summed E-state index contributed by atoms with van der Waals surface area (Å²) in [6.07, 6.45) is -2.28. The van der Waals surface area contributed by atoms with Gasteiger partial charge >= 0.3 is 0 Å². The summed E-state index contributed by atoms with van der Waals surface area (Å²) in [4.78, 5) is 2.38. The van der Waals surface area contributed by atoms with Crippen LogP contribution in [0, 0.1) is 34.5 Å². The number of hydrogen-bond acceptors (Lipinski definition) is 10. The maximum Gasteiger partial charge on any atom is 0.144 e. The number of methoxy groups -OCH3 is 4. The van der Waals surface area contributed by atoms with Crippen molar-refractivity contribution in [1.82, 2.24) is 10.2 Å². The molecule has 0 aromatic carbocycles. The predicted molar refractivity (Wildman–Crippen MR) is 123 cm³/mol. The van der Waals surface area contributed by atoms with Crippen LogP contribution in [0.4, 0.5) is 0 Å². The Morgan fingerprint density at radius 3 is 2.29 bits per heavy atom. The second kappa shape index (κ2) is 7.81. The van der Waals surface area contributed by atoms with Crippen LogP contribution in [0.25, 0.3) is 0 Å². The lowest BCUT2D eigenvalue weighted by molar-refractivity contribution is -0.312. The average molecular weight is 499 g/mol. The summed E-state index contributed by atoms with van der Waals surface area (Å²) < 4.78 is 24.1. The van der Waals surface area contributed by atoms with E-state index in [9.17, 15) is 20.4 Å². The molecule has 5 N–H and O–H groups in total. The van der Waals surface area contributed by atoms with Crippen LogP contribution in [0.1, 0.15) is 26.2 Å². The molecule has 0 amide bonds. The third-order valence-corrected chi connectivity index (χ3v) is 11.4. The van der Waals surface area contributed by atoms with E-state index in [1.165, 1.54) is 0 Å². The average Bonchev–Trinajstić information content (AvgIpc) is 2.91.